The summed E-state index contributed by atoms with van der Waals surface area (Å²) < 4.78 is 0. The second-order valence-corrected chi connectivity index (χ2v) is 3.33. The molecule has 2 rings (SSSR count). The van der Waals surface area contributed by atoms with Gasteiger partial charge in [0.05, 0.1) is 0 Å². The van der Waals surface area contributed by atoms with Crippen LogP contribution in [0.15, 0.2) is 30.6 Å². The largest absolute Gasteiger partial charge is 0.399 e. The fourth-order valence-electron chi connectivity index (χ4n) is 1.26. The van der Waals surface area contributed by atoms with E-state index in [-0.39, 0.29) is 0 Å². The number of nitrogens with zero attached hydrogens (tertiary/aromatic N) is 3. The molecule has 0 radical (unpaired) electrons. The zero-order chi connectivity index (χ0) is 11.4. The van der Waals surface area contributed by atoms with E-state index in [4.69, 9.17) is 5.73 Å². The third-order valence-electron chi connectivity index (χ3n) is 2.10. The zero-order valence-corrected chi connectivity index (χ0v) is 9.01. The zero-order valence-electron chi connectivity index (χ0n) is 9.01. The lowest BCUT2D eigenvalue weighted by molar-refractivity contribution is 0.903. The summed E-state index contributed by atoms with van der Waals surface area (Å²) in [5.41, 5.74) is 7.23. The molecule has 82 valence electrons. The van der Waals surface area contributed by atoms with Gasteiger partial charge in [-0.1, -0.05) is 6.92 Å². The monoisotopic (exact) mass is 215 g/mol. The lowest BCUT2D eigenvalue weighted by Crippen LogP contribution is -2.01. The van der Waals surface area contributed by atoms with Gasteiger partial charge in [0.1, 0.15) is 12.2 Å². The highest BCUT2D eigenvalue weighted by Gasteiger charge is 1.99. The van der Waals surface area contributed by atoms with Crippen LogP contribution in [0.4, 0.5) is 17.3 Å². The van der Waals surface area contributed by atoms with Gasteiger partial charge in [0.15, 0.2) is 0 Å². The molecule has 0 bridgehead atoms. The number of nitrogens with two attached hydrogens (primary N) is 1. The summed E-state index contributed by atoms with van der Waals surface area (Å²) in [5, 5.41) is 3.09. The van der Waals surface area contributed by atoms with Crippen LogP contribution < -0.4 is 11.1 Å². The van der Waals surface area contributed by atoms with Crippen LogP contribution in [0.3, 0.4) is 0 Å². The quantitative estimate of drug-likeness (QED) is 0.763. The lowest BCUT2D eigenvalue weighted by Gasteiger charge is -2.05. The highest BCUT2D eigenvalue weighted by atomic mass is 15.1. The van der Waals surface area contributed by atoms with E-state index in [1.165, 1.54) is 6.33 Å². The topological polar surface area (TPSA) is 76.7 Å². The first-order chi connectivity index (χ1) is 7.78. The second kappa shape index (κ2) is 4.57. The molecular formula is C11H13N5. The molecule has 1 heterocycles. The first-order valence-corrected chi connectivity index (χ1v) is 5.08. The van der Waals surface area contributed by atoms with Crippen LogP contribution in [0.1, 0.15) is 12.7 Å². The number of hydrogen-bond acceptors (Lipinski definition) is 5. The van der Waals surface area contributed by atoms with Gasteiger partial charge in [-0.05, 0) is 24.3 Å². The van der Waals surface area contributed by atoms with Gasteiger partial charge >= 0.3 is 0 Å². The number of nitrogen functional groups attached to an aromatic ring is 1. The highest BCUT2D eigenvalue weighted by Crippen LogP contribution is 2.14. The fourth-order valence-corrected chi connectivity index (χ4v) is 1.26. The minimum Gasteiger partial charge on any atom is -0.399 e. The van der Waals surface area contributed by atoms with Crippen LogP contribution >= 0.6 is 0 Å². The van der Waals surface area contributed by atoms with E-state index in [1.807, 2.05) is 31.2 Å². The maximum absolute atomic E-state index is 5.60. The minimum atomic E-state index is 0.552. The Labute approximate surface area is 93.8 Å². The van der Waals surface area contributed by atoms with Crippen molar-refractivity contribution in [3.05, 3.63) is 36.4 Å². The van der Waals surface area contributed by atoms with Crippen molar-refractivity contribution >= 4 is 17.3 Å². The number of benzene rings is 1. The Morgan fingerprint density at radius 3 is 2.62 bits per heavy atom. The molecule has 0 atom stereocenters. The summed E-state index contributed by atoms with van der Waals surface area (Å²) >= 11 is 0. The Morgan fingerprint density at radius 2 is 1.94 bits per heavy atom. The van der Waals surface area contributed by atoms with Gasteiger partial charge in [-0.15, -0.1) is 0 Å². The van der Waals surface area contributed by atoms with E-state index < -0.39 is 0 Å². The molecule has 1 aromatic heterocycles. The summed E-state index contributed by atoms with van der Waals surface area (Å²) in [4.78, 5) is 12.3. The molecule has 0 spiro atoms. The van der Waals surface area contributed by atoms with Crippen molar-refractivity contribution < 1.29 is 0 Å². The van der Waals surface area contributed by atoms with Crippen LogP contribution in [0.5, 0.6) is 0 Å². The summed E-state index contributed by atoms with van der Waals surface area (Å²) in [7, 11) is 0. The van der Waals surface area contributed by atoms with E-state index in [0.717, 1.165) is 23.6 Å². The standard InChI is InChI=1S/C11H13N5/c1-2-10-13-7-14-11(16-10)15-9-5-3-8(12)4-6-9/h3-7H,2,12H2,1H3,(H,13,14,15,16). The van der Waals surface area contributed by atoms with Crippen molar-refractivity contribution in [3.63, 3.8) is 0 Å². The molecule has 0 saturated carbocycles. The maximum atomic E-state index is 5.60. The van der Waals surface area contributed by atoms with Crippen molar-refractivity contribution in [2.75, 3.05) is 11.1 Å². The predicted molar refractivity (Wildman–Crippen MR) is 63.3 cm³/mol. The molecule has 0 saturated heterocycles. The number of rotatable bonds is 3. The molecule has 2 aromatic rings. The SMILES string of the molecule is CCc1ncnc(Nc2ccc(N)cc2)n1. The van der Waals surface area contributed by atoms with E-state index in [1.54, 1.807) is 0 Å². The molecule has 16 heavy (non-hydrogen) atoms. The van der Waals surface area contributed by atoms with E-state index in [0.29, 0.717) is 5.95 Å². The molecule has 0 aliphatic heterocycles. The number of nitrogens with one attached hydrogen (secondary N) is 1. The van der Waals surface area contributed by atoms with Gasteiger partial charge in [0.25, 0.3) is 0 Å². The molecular weight excluding hydrogens is 202 g/mol. The van der Waals surface area contributed by atoms with Crippen molar-refractivity contribution in [1.82, 2.24) is 15.0 Å². The summed E-state index contributed by atoms with van der Waals surface area (Å²) in [6.45, 7) is 2.00. The number of hydrogen-bond donors (Lipinski definition) is 2. The molecule has 0 aliphatic carbocycles. The van der Waals surface area contributed by atoms with Gasteiger partial charge in [-0.3, -0.25) is 0 Å². The Hall–Kier alpha value is -2.17. The Morgan fingerprint density at radius 1 is 1.19 bits per heavy atom. The molecule has 5 heteroatoms. The van der Waals surface area contributed by atoms with E-state index in [9.17, 15) is 0 Å². The molecule has 0 aliphatic rings. The lowest BCUT2D eigenvalue weighted by atomic mass is 10.3. The van der Waals surface area contributed by atoms with Gasteiger partial charge in [0, 0.05) is 17.8 Å². The third-order valence-corrected chi connectivity index (χ3v) is 2.10. The second-order valence-electron chi connectivity index (χ2n) is 3.33. The van der Waals surface area contributed by atoms with Gasteiger partial charge in [-0.2, -0.15) is 4.98 Å². The Kier molecular flexibility index (Phi) is 2.95. The molecule has 1 aromatic carbocycles. The average molecular weight is 215 g/mol. The molecule has 0 fully saturated rings. The van der Waals surface area contributed by atoms with Crippen molar-refractivity contribution in [2.45, 2.75) is 13.3 Å². The first kappa shape index (κ1) is 10.4. The number of anilines is 3. The molecule has 5 nitrogen and oxygen atoms in total. The van der Waals surface area contributed by atoms with Gasteiger partial charge in [0.2, 0.25) is 5.95 Å². The van der Waals surface area contributed by atoms with Gasteiger partial charge < -0.3 is 11.1 Å². The molecule has 3 N–H and O–H groups in total. The fraction of sp³-hybridized carbons (Fsp3) is 0.182. The van der Waals surface area contributed by atoms with Crippen molar-refractivity contribution in [3.8, 4) is 0 Å². The van der Waals surface area contributed by atoms with Gasteiger partial charge in [-0.25, -0.2) is 9.97 Å². The first-order valence-electron chi connectivity index (χ1n) is 5.08. The molecule has 0 amide bonds. The van der Waals surface area contributed by atoms with Crippen LogP contribution in [0, 0.1) is 0 Å². The Balaban J connectivity index is 2.16. The summed E-state index contributed by atoms with van der Waals surface area (Å²) in [6, 6.07) is 7.41. The highest BCUT2D eigenvalue weighted by molar-refractivity contribution is 5.56. The number of aryl methyl sites for hydroxylation is 1. The van der Waals surface area contributed by atoms with Crippen LogP contribution in [-0.4, -0.2) is 15.0 Å². The number of aromatic nitrogens is 3. The normalized spacial score (nSPS) is 10.1. The predicted octanol–water partition coefficient (Wildman–Crippen LogP) is 1.76. The van der Waals surface area contributed by atoms with E-state index >= 15 is 0 Å². The van der Waals surface area contributed by atoms with Crippen LogP contribution in [-0.2, 0) is 6.42 Å². The Bertz CT molecular complexity index is 466. The third kappa shape index (κ3) is 2.44. The van der Waals surface area contributed by atoms with Crippen molar-refractivity contribution in [2.24, 2.45) is 0 Å². The minimum absolute atomic E-state index is 0.552. The average Bonchev–Trinajstić information content (AvgIpc) is 2.32. The van der Waals surface area contributed by atoms with Crippen molar-refractivity contribution in [1.29, 1.82) is 0 Å². The van der Waals surface area contributed by atoms with E-state index in [2.05, 4.69) is 20.3 Å². The van der Waals surface area contributed by atoms with Crippen LogP contribution in [0.25, 0.3) is 0 Å². The summed E-state index contributed by atoms with van der Waals surface area (Å²) in [5.74, 6) is 1.32. The molecule has 0 unspecified atom stereocenters. The van der Waals surface area contributed by atoms with Crippen LogP contribution in [0.2, 0.25) is 0 Å². The smallest absolute Gasteiger partial charge is 0.230 e. The maximum Gasteiger partial charge on any atom is 0.230 e. The summed E-state index contributed by atoms with van der Waals surface area (Å²) in [6.07, 6.45) is 2.30.